The van der Waals surface area contributed by atoms with Crippen molar-refractivity contribution in [2.75, 3.05) is 0 Å². The van der Waals surface area contributed by atoms with Gasteiger partial charge in [0.15, 0.2) is 0 Å². The van der Waals surface area contributed by atoms with E-state index in [0.29, 0.717) is 0 Å². The van der Waals surface area contributed by atoms with Crippen LogP contribution in [0.3, 0.4) is 0 Å². The van der Waals surface area contributed by atoms with Crippen LogP contribution in [-0.2, 0) is 0 Å². The van der Waals surface area contributed by atoms with Crippen molar-refractivity contribution in [1.82, 2.24) is 54.1 Å². The van der Waals surface area contributed by atoms with Gasteiger partial charge in [0.1, 0.15) is 55.4 Å². The molecule has 680 valence electrons. The Morgan fingerprint density at radius 2 is 0.671 bits per heavy atom. The van der Waals surface area contributed by atoms with Crippen LogP contribution in [0.2, 0.25) is 0 Å². The number of thiophene rings is 1. The molecule has 1 aliphatic rings. The van der Waals surface area contributed by atoms with Crippen LogP contribution >= 0.6 is 11.3 Å². The molecular weight excluding hydrogens is 1800 g/mol. The van der Waals surface area contributed by atoms with Crippen molar-refractivity contribution in [2.24, 2.45) is 0 Å². The number of hydrogen-bond donors (Lipinski definition) is 0. The number of hydrogen-bond acceptors (Lipinski definition) is 9. The van der Waals surface area contributed by atoms with E-state index in [0.717, 1.165) is 172 Å². The van der Waals surface area contributed by atoms with E-state index in [1.165, 1.54) is 119 Å². The van der Waals surface area contributed by atoms with Gasteiger partial charge in [-0.25, -0.2) is 0 Å². The molecular formula is C132H79N11O2S. The molecule has 0 unspecified atom stereocenters. The number of nitrogens with zero attached hydrogens (tertiary/aromatic N) is 11. The summed E-state index contributed by atoms with van der Waals surface area (Å²) in [5.41, 5.74) is 36.8. The van der Waals surface area contributed by atoms with E-state index in [4.69, 9.17) is 39.4 Å². The van der Waals surface area contributed by atoms with Crippen LogP contribution in [0.1, 0.15) is 0 Å². The van der Waals surface area contributed by atoms with Crippen LogP contribution in [0.5, 0.6) is 0 Å². The lowest BCUT2D eigenvalue weighted by molar-refractivity contribution is 0.668. The summed E-state index contributed by atoms with van der Waals surface area (Å²) >= 11 is 1.88. The Morgan fingerprint density at radius 3 is 1.45 bits per heavy atom. The lowest BCUT2D eigenvalue weighted by Crippen LogP contribution is -1.99. The third-order valence-corrected chi connectivity index (χ3v) is 30.5. The number of benzene rings is 23. The van der Waals surface area contributed by atoms with Gasteiger partial charge in [-0.2, -0.15) is 14.4 Å². The van der Waals surface area contributed by atoms with Gasteiger partial charge in [0.2, 0.25) is 0 Å². The number of fused-ring (bicyclic) bond motifs is 23. The molecule has 0 saturated carbocycles. The zero-order chi connectivity index (χ0) is 95.7. The van der Waals surface area contributed by atoms with Crippen LogP contribution < -0.4 is 0 Å². The summed E-state index contributed by atoms with van der Waals surface area (Å²) in [6.45, 7) is 0. The minimum absolute atomic E-state index is 0.824. The first-order valence-corrected chi connectivity index (χ1v) is 50.0. The summed E-state index contributed by atoms with van der Waals surface area (Å²) < 4.78 is 20.5. The minimum Gasteiger partial charge on any atom is -0.456 e. The highest BCUT2D eigenvalue weighted by Gasteiger charge is 2.30. The Kier molecular flexibility index (Phi) is 18.6. The third-order valence-electron chi connectivity index (χ3n) is 29.3. The maximum Gasteiger partial charge on any atom is 0.136 e. The molecule has 8 heterocycles. The maximum absolute atomic E-state index is 6.58. The summed E-state index contributed by atoms with van der Waals surface area (Å²) in [6, 6.07) is 170. The number of aromatic nitrogens is 11. The van der Waals surface area contributed by atoms with Crippen molar-refractivity contribution in [3.05, 3.63) is 479 Å². The zero-order valence-electron chi connectivity index (χ0n) is 78.3. The second-order valence-corrected chi connectivity index (χ2v) is 38.7. The summed E-state index contributed by atoms with van der Waals surface area (Å²) in [7, 11) is 0. The van der Waals surface area contributed by atoms with E-state index < -0.39 is 0 Å². The van der Waals surface area contributed by atoms with Crippen LogP contribution in [0.25, 0.3) is 291 Å². The van der Waals surface area contributed by atoms with Crippen molar-refractivity contribution in [3.63, 3.8) is 0 Å². The van der Waals surface area contributed by atoms with Crippen LogP contribution in [-0.4, -0.2) is 54.1 Å². The van der Waals surface area contributed by atoms with Gasteiger partial charge in [-0.15, -0.1) is 41.9 Å². The van der Waals surface area contributed by atoms with Gasteiger partial charge in [-0.3, -0.25) is 0 Å². The highest BCUT2D eigenvalue weighted by Crippen LogP contribution is 2.54. The molecule has 0 bridgehead atoms. The Labute approximate surface area is 838 Å². The average Bonchev–Trinajstić information content (AvgIpc) is 1.53. The Hall–Kier alpha value is -19.5. The van der Waals surface area contributed by atoms with E-state index in [-0.39, 0.29) is 0 Å². The molecule has 13 nitrogen and oxygen atoms in total. The minimum atomic E-state index is 0.824. The van der Waals surface area contributed by atoms with Gasteiger partial charge in [-0.05, 0) is 262 Å². The van der Waals surface area contributed by atoms with Gasteiger partial charge >= 0.3 is 0 Å². The molecule has 1 aliphatic carbocycles. The van der Waals surface area contributed by atoms with Gasteiger partial charge in [0.05, 0.1) is 49.5 Å². The van der Waals surface area contributed by atoms with Gasteiger partial charge in [0.25, 0.3) is 0 Å². The predicted octanol–water partition coefficient (Wildman–Crippen LogP) is 34.7. The Balaban J connectivity index is 0.000000103. The molecule has 0 radical (unpaired) electrons. The van der Waals surface area contributed by atoms with E-state index in [9.17, 15) is 0 Å². The monoisotopic (exact) mass is 1880 g/mol. The van der Waals surface area contributed by atoms with E-state index in [1.807, 2.05) is 78.1 Å². The highest BCUT2D eigenvalue weighted by atomic mass is 32.1. The molecule has 0 saturated heterocycles. The molecule has 8 aromatic heterocycles. The molecule has 0 N–H and O–H groups in total. The van der Waals surface area contributed by atoms with E-state index in [1.54, 1.807) is 14.4 Å². The van der Waals surface area contributed by atoms with Crippen LogP contribution in [0.4, 0.5) is 0 Å². The van der Waals surface area contributed by atoms with Gasteiger partial charge in [0, 0.05) is 75.4 Å². The molecule has 0 fully saturated rings. The number of para-hydroxylation sites is 5. The van der Waals surface area contributed by atoms with Crippen LogP contribution in [0.15, 0.2) is 488 Å². The molecule has 0 spiro atoms. The summed E-state index contributed by atoms with van der Waals surface area (Å²) in [6.07, 6.45) is 0. The van der Waals surface area contributed by atoms with Crippen LogP contribution in [0, 0.1) is 0 Å². The second kappa shape index (κ2) is 33.1. The average molecular weight is 1880 g/mol. The first kappa shape index (κ1) is 82.4. The number of rotatable bonds is 11. The smallest absolute Gasteiger partial charge is 0.136 e. The topological polar surface area (TPSA) is 128 Å². The quantitative estimate of drug-likeness (QED) is 0.125. The molecule has 14 heteroatoms. The van der Waals surface area contributed by atoms with Crippen molar-refractivity contribution in [2.45, 2.75) is 0 Å². The fraction of sp³-hybridized carbons (Fsp3) is 0. The van der Waals surface area contributed by atoms with Crippen molar-refractivity contribution in [3.8, 4) is 117 Å². The molecule has 146 heavy (non-hydrogen) atoms. The van der Waals surface area contributed by atoms with Gasteiger partial charge < -0.3 is 18.0 Å². The van der Waals surface area contributed by atoms with Crippen molar-refractivity contribution < 1.29 is 8.83 Å². The van der Waals surface area contributed by atoms with Crippen molar-refractivity contribution >= 4 is 184 Å². The molecule has 0 atom stereocenters. The Bertz CT molecular complexity index is 10800. The largest absolute Gasteiger partial charge is 0.456 e. The lowest BCUT2D eigenvalue weighted by atomic mass is 9.89. The maximum atomic E-state index is 6.58. The first-order valence-electron chi connectivity index (χ1n) is 49.2. The SMILES string of the molecule is c1ccc(-c2cc(-c3cc(-c4ccc5nn(-c6ccc7ccccc7c6)nc5c4)cc(-c4cccc5oc6ccccc6c45)c3)c3c(c2)oc2ccccc23)cc1.c1ccc(-c2ccc(-n3nc4cccc(-c5ccccc5-n5c6cccc7c6c6c8c(cccc8ccc65)-c5ccccc5-7)c4n3)cc2)cc1.c1ccc(-n2nc3ccc(-n4c5ccccc5c5c6ccccc6c6c7ccccc7sc6c54)cc3n2)cc1. The summed E-state index contributed by atoms with van der Waals surface area (Å²) in [5, 5.41) is 49.2. The zero-order valence-corrected chi connectivity index (χ0v) is 79.1. The standard InChI is InChI=1S/C52H31N3O2.C46H28N4.C34H20N4S/c1-2-11-32(12-3-1)37-29-44(52-43-16-7-9-19-48(43)57-50(52)31-37)39-26-36(25-38(27-39)41-17-10-20-49-51(41)42-15-6-8-18-47(42)56-49)35-22-24-45-46(30-35)54-55(53-45)40-23-21-33-13-4-5-14-34(33)28-40;1-2-11-29(12-3-1)30-23-26-32(27-24-30)50-47-39-20-9-19-38(46(39)48-50)35-16-6-7-21-40(35)49-41-22-10-18-37-34-15-5-4-14-33(34)36-17-8-13-31-25-28-42(49)45(43(31)36)44(37)41;1-2-10-21(11-3-1)38-35-27-19-18-22(20-28(27)36-38)37-29-16-8-6-14-25(29)31-23-12-4-5-13-24(23)32-26-15-7-9-17-30(26)39-34(32)33(31)37/h1-31H;1-28H;1-20H. The number of furan rings is 2. The lowest BCUT2D eigenvalue weighted by Gasteiger charge is -2.16. The Morgan fingerprint density at radius 1 is 0.192 bits per heavy atom. The molecule has 0 aliphatic heterocycles. The molecule has 0 amide bonds. The normalized spacial score (nSPS) is 12.0. The predicted molar refractivity (Wildman–Crippen MR) is 602 cm³/mol. The summed E-state index contributed by atoms with van der Waals surface area (Å²) in [5.74, 6) is 0. The second-order valence-electron chi connectivity index (χ2n) is 37.6. The fourth-order valence-corrected chi connectivity index (χ4v) is 24.1. The first-order chi connectivity index (χ1) is 72.4. The molecule has 31 aromatic rings. The molecule has 32 rings (SSSR count). The highest BCUT2D eigenvalue weighted by molar-refractivity contribution is 7.27. The third kappa shape index (κ3) is 13.2. The fourth-order valence-electron chi connectivity index (χ4n) is 22.8. The van der Waals surface area contributed by atoms with Crippen molar-refractivity contribution in [1.29, 1.82) is 0 Å². The van der Waals surface area contributed by atoms with E-state index >= 15 is 0 Å². The van der Waals surface area contributed by atoms with Gasteiger partial charge in [-0.1, -0.05) is 328 Å². The summed E-state index contributed by atoms with van der Waals surface area (Å²) in [4.78, 5) is 5.22. The molecule has 23 aromatic carbocycles. The van der Waals surface area contributed by atoms with E-state index in [2.05, 4.69) is 422 Å².